The number of carbonyl (C=O) groups is 1. The van der Waals surface area contributed by atoms with Crippen LogP contribution in [-0.2, 0) is 4.79 Å². The van der Waals surface area contributed by atoms with Crippen molar-refractivity contribution < 1.29 is 4.79 Å². The Labute approximate surface area is 113 Å². The first-order valence-corrected chi connectivity index (χ1v) is 6.69. The van der Waals surface area contributed by atoms with Gasteiger partial charge in [0.15, 0.2) is 0 Å². The third-order valence-corrected chi connectivity index (χ3v) is 4.18. The molecule has 1 aliphatic heterocycles. The van der Waals surface area contributed by atoms with Crippen LogP contribution >= 0.6 is 0 Å². The first kappa shape index (κ1) is 12.2. The highest BCUT2D eigenvalue weighted by molar-refractivity contribution is 5.97. The number of amides is 1. The van der Waals surface area contributed by atoms with E-state index in [1.54, 1.807) is 12.1 Å². The van der Waals surface area contributed by atoms with Gasteiger partial charge in [-0.05, 0) is 44.0 Å². The fourth-order valence-corrected chi connectivity index (χ4v) is 2.61. The molecule has 98 valence electrons. The van der Waals surface area contributed by atoms with Crippen molar-refractivity contribution >= 4 is 11.6 Å². The summed E-state index contributed by atoms with van der Waals surface area (Å²) in [4.78, 5) is 14.3. The van der Waals surface area contributed by atoms with Gasteiger partial charge in [-0.3, -0.25) is 4.79 Å². The van der Waals surface area contributed by atoms with Gasteiger partial charge < -0.3 is 10.2 Å². The molecule has 1 atom stereocenters. The Morgan fingerprint density at radius 3 is 2.63 bits per heavy atom. The van der Waals surface area contributed by atoms with Crippen molar-refractivity contribution in [3.05, 3.63) is 29.8 Å². The van der Waals surface area contributed by atoms with Crippen molar-refractivity contribution in [2.45, 2.75) is 25.8 Å². The van der Waals surface area contributed by atoms with Crippen molar-refractivity contribution in [2.24, 2.45) is 5.41 Å². The molecule has 1 unspecified atom stereocenters. The van der Waals surface area contributed by atoms with Gasteiger partial charge in [0, 0.05) is 24.2 Å². The quantitative estimate of drug-likeness (QED) is 0.830. The number of benzene rings is 1. The lowest BCUT2D eigenvalue weighted by Crippen LogP contribution is -2.41. The van der Waals surface area contributed by atoms with E-state index in [-0.39, 0.29) is 17.4 Å². The van der Waals surface area contributed by atoms with Crippen molar-refractivity contribution in [3.8, 4) is 6.07 Å². The van der Waals surface area contributed by atoms with E-state index in [9.17, 15) is 4.79 Å². The molecule has 0 radical (unpaired) electrons. The zero-order chi connectivity index (χ0) is 13.5. The first-order valence-electron chi connectivity index (χ1n) is 6.69. The summed E-state index contributed by atoms with van der Waals surface area (Å²) in [6.07, 6.45) is 2.37. The molecule has 4 heteroatoms. The number of nitrogens with one attached hydrogen (secondary N) is 1. The van der Waals surface area contributed by atoms with Gasteiger partial charge in [-0.25, -0.2) is 0 Å². The average Bonchev–Trinajstić information content (AvgIpc) is 3.23. The molecule has 1 aromatic carbocycles. The van der Waals surface area contributed by atoms with Crippen LogP contribution in [0, 0.1) is 16.7 Å². The molecule has 0 aromatic heterocycles. The molecule has 19 heavy (non-hydrogen) atoms. The zero-order valence-corrected chi connectivity index (χ0v) is 11.0. The van der Waals surface area contributed by atoms with Crippen LogP contribution in [0.4, 0.5) is 5.69 Å². The smallest absolute Gasteiger partial charge is 0.243 e. The Morgan fingerprint density at radius 1 is 1.37 bits per heavy atom. The number of carbonyl (C=O) groups excluding carboxylic acids is 1. The lowest BCUT2D eigenvalue weighted by atomic mass is 10.1. The van der Waals surface area contributed by atoms with Gasteiger partial charge in [-0.15, -0.1) is 0 Å². The van der Waals surface area contributed by atoms with E-state index in [4.69, 9.17) is 5.26 Å². The van der Waals surface area contributed by atoms with Crippen LogP contribution in [0.25, 0.3) is 0 Å². The van der Waals surface area contributed by atoms with Gasteiger partial charge in [0.1, 0.15) is 0 Å². The second kappa shape index (κ2) is 4.36. The van der Waals surface area contributed by atoms with Gasteiger partial charge in [0.25, 0.3) is 0 Å². The van der Waals surface area contributed by atoms with Crippen LogP contribution in [0.15, 0.2) is 24.3 Å². The standard InChI is InChI=1S/C15H17N3O/c1-11-14(19)18(10-15(6-7-15)9-17-11)13-4-2-12(8-16)3-5-13/h2-5,11,17H,6-7,9-10H2,1H3. The summed E-state index contributed by atoms with van der Waals surface area (Å²) in [5.41, 5.74) is 1.79. The van der Waals surface area contributed by atoms with Gasteiger partial charge in [-0.1, -0.05) is 0 Å². The number of nitrogens with zero attached hydrogens (tertiary/aromatic N) is 2. The second-order valence-corrected chi connectivity index (χ2v) is 5.69. The number of hydrogen-bond acceptors (Lipinski definition) is 3. The molecule has 4 nitrogen and oxygen atoms in total. The molecule has 2 fully saturated rings. The molecule has 1 aromatic rings. The molecule has 2 aliphatic rings. The minimum atomic E-state index is -0.143. The summed E-state index contributed by atoms with van der Waals surface area (Å²) in [6, 6.07) is 9.23. The number of anilines is 1. The van der Waals surface area contributed by atoms with Crippen molar-refractivity contribution in [1.29, 1.82) is 5.26 Å². The maximum Gasteiger partial charge on any atom is 0.243 e. The van der Waals surface area contributed by atoms with E-state index in [1.807, 2.05) is 24.0 Å². The molecule has 0 bridgehead atoms. The largest absolute Gasteiger partial charge is 0.310 e. The zero-order valence-electron chi connectivity index (χ0n) is 11.0. The Balaban J connectivity index is 1.91. The SMILES string of the molecule is CC1NCC2(CC2)CN(c2ccc(C#N)cc2)C1=O. The predicted molar refractivity (Wildman–Crippen MR) is 72.6 cm³/mol. The van der Waals surface area contributed by atoms with Gasteiger partial charge >= 0.3 is 0 Å². The van der Waals surface area contributed by atoms with Crippen molar-refractivity contribution in [1.82, 2.24) is 5.32 Å². The van der Waals surface area contributed by atoms with E-state index in [0.717, 1.165) is 18.8 Å². The normalized spacial score (nSPS) is 24.9. The number of rotatable bonds is 1. The molecular formula is C15H17N3O. The summed E-state index contributed by atoms with van der Waals surface area (Å²) in [6.45, 7) is 3.63. The summed E-state index contributed by atoms with van der Waals surface area (Å²) in [5.74, 6) is 0.119. The minimum Gasteiger partial charge on any atom is -0.310 e. The molecule has 1 amide bonds. The van der Waals surface area contributed by atoms with Crippen LogP contribution < -0.4 is 10.2 Å². The Hall–Kier alpha value is -1.86. The number of hydrogen-bond donors (Lipinski definition) is 1. The Kier molecular flexibility index (Phi) is 2.79. The monoisotopic (exact) mass is 255 g/mol. The molecule has 1 saturated heterocycles. The van der Waals surface area contributed by atoms with E-state index >= 15 is 0 Å². The minimum absolute atomic E-state index is 0.119. The van der Waals surface area contributed by atoms with E-state index in [2.05, 4.69) is 11.4 Å². The predicted octanol–water partition coefficient (Wildman–Crippen LogP) is 1.66. The van der Waals surface area contributed by atoms with Gasteiger partial charge in [0.2, 0.25) is 5.91 Å². The molecular weight excluding hydrogens is 238 g/mol. The van der Waals surface area contributed by atoms with E-state index in [0.29, 0.717) is 5.56 Å². The van der Waals surface area contributed by atoms with E-state index < -0.39 is 0 Å². The lowest BCUT2D eigenvalue weighted by molar-refractivity contribution is -0.119. The summed E-state index contributed by atoms with van der Waals surface area (Å²) < 4.78 is 0. The van der Waals surface area contributed by atoms with Crippen molar-refractivity contribution in [3.63, 3.8) is 0 Å². The molecule has 1 saturated carbocycles. The third-order valence-electron chi connectivity index (χ3n) is 4.18. The highest BCUT2D eigenvalue weighted by Crippen LogP contribution is 2.47. The van der Waals surface area contributed by atoms with Crippen molar-refractivity contribution in [2.75, 3.05) is 18.0 Å². The topological polar surface area (TPSA) is 56.1 Å². The van der Waals surface area contributed by atoms with Crippen LogP contribution in [0.1, 0.15) is 25.3 Å². The lowest BCUT2D eigenvalue weighted by Gasteiger charge is -2.25. The summed E-state index contributed by atoms with van der Waals surface area (Å²) in [7, 11) is 0. The molecule has 3 rings (SSSR count). The van der Waals surface area contributed by atoms with Crippen LogP contribution in [0.5, 0.6) is 0 Å². The van der Waals surface area contributed by atoms with Crippen LogP contribution in [0.3, 0.4) is 0 Å². The van der Waals surface area contributed by atoms with Gasteiger partial charge in [0.05, 0.1) is 17.7 Å². The maximum absolute atomic E-state index is 12.4. The molecule has 1 N–H and O–H groups in total. The second-order valence-electron chi connectivity index (χ2n) is 5.69. The Morgan fingerprint density at radius 2 is 2.05 bits per heavy atom. The van der Waals surface area contributed by atoms with Crippen LogP contribution in [-0.4, -0.2) is 25.0 Å². The average molecular weight is 255 g/mol. The fraction of sp³-hybridized carbons (Fsp3) is 0.467. The molecule has 1 spiro atoms. The summed E-state index contributed by atoms with van der Waals surface area (Å²) >= 11 is 0. The highest BCUT2D eigenvalue weighted by atomic mass is 16.2. The Bertz CT molecular complexity index is 540. The maximum atomic E-state index is 12.4. The first-order chi connectivity index (χ1) is 9.13. The highest BCUT2D eigenvalue weighted by Gasteiger charge is 2.47. The number of nitriles is 1. The van der Waals surface area contributed by atoms with Gasteiger partial charge in [-0.2, -0.15) is 5.26 Å². The fourth-order valence-electron chi connectivity index (χ4n) is 2.61. The summed E-state index contributed by atoms with van der Waals surface area (Å²) in [5, 5.41) is 12.2. The molecule has 1 aliphatic carbocycles. The van der Waals surface area contributed by atoms with Crippen LogP contribution in [0.2, 0.25) is 0 Å². The third kappa shape index (κ3) is 2.22. The van der Waals surface area contributed by atoms with E-state index in [1.165, 1.54) is 12.8 Å². The molecule has 1 heterocycles.